The molecule has 7 aromatic carbocycles. The number of thiophene rings is 1. The quantitative estimate of drug-likeness (QED) is 0.173. The molecular formula is C51H41NS. The van der Waals surface area contributed by atoms with Gasteiger partial charge in [-0.25, -0.2) is 0 Å². The number of rotatable bonds is 5. The summed E-state index contributed by atoms with van der Waals surface area (Å²) in [6.07, 6.45) is 5.47. The Labute approximate surface area is 316 Å². The predicted octanol–water partition coefficient (Wildman–Crippen LogP) is 14.6. The molecule has 1 nitrogen and oxygen atoms in total. The van der Waals surface area contributed by atoms with E-state index in [4.69, 9.17) is 0 Å². The van der Waals surface area contributed by atoms with Gasteiger partial charge in [0, 0.05) is 42.6 Å². The van der Waals surface area contributed by atoms with Gasteiger partial charge in [-0.3, -0.25) is 0 Å². The first-order chi connectivity index (χ1) is 26.1. The zero-order valence-electron chi connectivity index (χ0n) is 30.0. The zero-order chi connectivity index (χ0) is 35.1. The minimum Gasteiger partial charge on any atom is -0.310 e. The van der Waals surface area contributed by atoms with Crippen LogP contribution in [0.3, 0.4) is 0 Å². The van der Waals surface area contributed by atoms with Gasteiger partial charge in [0.1, 0.15) is 0 Å². The van der Waals surface area contributed by atoms with E-state index < -0.39 is 0 Å². The maximum Gasteiger partial charge on any atom is 0.0468 e. The van der Waals surface area contributed by atoms with Crippen molar-refractivity contribution in [3.63, 3.8) is 0 Å². The SMILES string of the molecule is C[C@@H]1C[C@H]2CC[C@@H](C2)[C@@]12c1ccccc1-c1cc(N(c3ccc(-c4ccc(-c5ccccc5)cc4)cc3)c3ccc4sc5ccccc5c4c3)ccc12. The van der Waals surface area contributed by atoms with Gasteiger partial charge in [0.15, 0.2) is 0 Å². The van der Waals surface area contributed by atoms with Gasteiger partial charge in [-0.15, -0.1) is 11.3 Å². The molecule has 4 atom stereocenters. The zero-order valence-corrected chi connectivity index (χ0v) is 30.8. The Balaban J connectivity index is 1.05. The molecule has 2 heteroatoms. The van der Waals surface area contributed by atoms with Gasteiger partial charge in [-0.2, -0.15) is 0 Å². The van der Waals surface area contributed by atoms with Crippen LogP contribution in [-0.2, 0) is 5.41 Å². The number of nitrogens with zero attached hydrogens (tertiary/aromatic N) is 1. The monoisotopic (exact) mass is 699 g/mol. The van der Waals surface area contributed by atoms with Crippen LogP contribution in [0, 0.1) is 17.8 Å². The molecule has 256 valence electrons. The Bertz CT molecular complexity index is 2650. The first-order valence-corrected chi connectivity index (χ1v) is 20.2. The largest absolute Gasteiger partial charge is 0.310 e. The average Bonchev–Trinajstić information content (AvgIpc) is 3.89. The molecule has 2 fully saturated rings. The number of fused-ring (bicyclic) bond motifs is 11. The molecule has 0 N–H and O–H groups in total. The fourth-order valence-corrected chi connectivity index (χ4v) is 11.9. The number of hydrogen-bond acceptors (Lipinski definition) is 2. The molecule has 1 heterocycles. The lowest BCUT2D eigenvalue weighted by Crippen LogP contribution is -2.43. The van der Waals surface area contributed by atoms with Crippen molar-refractivity contribution < 1.29 is 0 Å². The van der Waals surface area contributed by atoms with E-state index in [1.807, 2.05) is 11.3 Å². The molecule has 2 bridgehead atoms. The average molecular weight is 700 g/mol. The second kappa shape index (κ2) is 12.0. The lowest BCUT2D eigenvalue weighted by molar-refractivity contribution is 0.162. The Morgan fingerprint density at radius 1 is 0.491 bits per heavy atom. The summed E-state index contributed by atoms with van der Waals surface area (Å²) in [7, 11) is 0. The Morgan fingerprint density at radius 2 is 1.09 bits per heavy atom. The van der Waals surface area contributed by atoms with E-state index in [1.165, 1.54) is 96.3 Å². The molecule has 53 heavy (non-hydrogen) atoms. The van der Waals surface area contributed by atoms with Crippen LogP contribution >= 0.6 is 11.3 Å². The highest BCUT2D eigenvalue weighted by Crippen LogP contribution is 2.65. The summed E-state index contributed by atoms with van der Waals surface area (Å²) in [4.78, 5) is 2.48. The smallest absolute Gasteiger partial charge is 0.0468 e. The summed E-state index contributed by atoms with van der Waals surface area (Å²) in [5, 5.41) is 2.65. The van der Waals surface area contributed by atoms with Crippen LogP contribution in [0.15, 0.2) is 164 Å². The Hall–Kier alpha value is -5.44. The van der Waals surface area contributed by atoms with Crippen molar-refractivity contribution in [1.82, 2.24) is 0 Å². The second-order valence-corrected chi connectivity index (χ2v) is 16.8. The van der Waals surface area contributed by atoms with Crippen LogP contribution < -0.4 is 4.90 Å². The number of benzene rings is 7. The van der Waals surface area contributed by atoms with Crippen molar-refractivity contribution in [3.8, 4) is 33.4 Å². The minimum atomic E-state index is 0.120. The maximum absolute atomic E-state index is 2.55. The van der Waals surface area contributed by atoms with Gasteiger partial charge in [0.25, 0.3) is 0 Å². The van der Waals surface area contributed by atoms with Gasteiger partial charge in [-0.05, 0) is 130 Å². The fraction of sp³-hybridized carbons (Fsp3) is 0.176. The van der Waals surface area contributed by atoms with Crippen molar-refractivity contribution in [1.29, 1.82) is 0 Å². The number of hydrogen-bond donors (Lipinski definition) is 0. The van der Waals surface area contributed by atoms with Crippen LogP contribution in [0.1, 0.15) is 43.7 Å². The molecular weight excluding hydrogens is 659 g/mol. The summed E-state index contributed by atoms with van der Waals surface area (Å²) < 4.78 is 2.67. The summed E-state index contributed by atoms with van der Waals surface area (Å²) in [5.41, 5.74) is 14.6. The van der Waals surface area contributed by atoms with E-state index in [9.17, 15) is 0 Å². The molecule has 0 unspecified atom stereocenters. The molecule has 3 aliphatic carbocycles. The first-order valence-electron chi connectivity index (χ1n) is 19.4. The minimum absolute atomic E-state index is 0.120. The Kier molecular flexibility index (Phi) is 7.07. The normalized spacial score (nSPS) is 21.3. The fourth-order valence-electron chi connectivity index (χ4n) is 10.8. The molecule has 0 aliphatic heterocycles. The summed E-state index contributed by atoms with van der Waals surface area (Å²) in [6.45, 7) is 2.55. The van der Waals surface area contributed by atoms with Crippen LogP contribution in [0.2, 0.25) is 0 Å². The highest BCUT2D eigenvalue weighted by molar-refractivity contribution is 7.25. The summed E-state index contributed by atoms with van der Waals surface area (Å²) in [5.74, 6) is 2.27. The number of anilines is 3. The molecule has 0 saturated heterocycles. The van der Waals surface area contributed by atoms with Gasteiger partial charge in [0.05, 0.1) is 0 Å². The molecule has 1 spiro atoms. The topological polar surface area (TPSA) is 3.24 Å². The van der Waals surface area contributed by atoms with Crippen LogP contribution in [0.5, 0.6) is 0 Å². The van der Waals surface area contributed by atoms with Crippen LogP contribution in [0.25, 0.3) is 53.6 Å². The van der Waals surface area contributed by atoms with Crippen molar-refractivity contribution >= 4 is 48.6 Å². The predicted molar refractivity (Wildman–Crippen MR) is 226 cm³/mol. The third-order valence-electron chi connectivity index (χ3n) is 13.1. The first kappa shape index (κ1) is 31.1. The molecule has 2 saturated carbocycles. The standard InChI is InChI=1S/C51H41NS/c1-33-29-34-15-22-39(30-34)51(33)47-13-7-5-11-43(47)45-31-41(25-27-48(45)51)52(42-26-28-50-46(32-42)44-12-6-8-14-49(44)53-50)40-23-20-38(21-24-40)37-18-16-36(17-19-37)35-9-3-2-4-10-35/h2-14,16-21,23-28,31-34,39H,15,22,29-30H2,1H3/t33-,34-,39+,51-/m1/s1. The van der Waals surface area contributed by atoms with Crippen molar-refractivity contribution in [2.75, 3.05) is 4.90 Å². The van der Waals surface area contributed by atoms with Crippen molar-refractivity contribution in [2.45, 2.75) is 38.0 Å². The van der Waals surface area contributed by atoms with E-state index in [2.05, 4.69) is 176 Å². The van der Waals surface area contributed by atoms with Crippen molar-refractivity contribution in [3.05, 3.63) is 175 Å². The van der Waals surface area contributed by atoms with Crippen LogP contribution in [0.4, 0.5) is 17.1 Å². The maximum atomic E-state index is 2.55. The third-order valence-corrected chi connectivity index (χ3v) is 14.2. The highest BCUT2D eigenvalue weighted by atomic mass is 32.1. The van der Waals surface area contributed by atoms with Crippen molar-refractivity contribution in [2.24, 2.45) is 17.8 Å². The van der Waals surface area contributed by atoms with Gasteiger partial charge >= 0.3 is 0 Å². The van der Waals surface area contributed by atoms with E-state index in [-0.39, 0.29) is 5.41 Å². The molecule has 3 aliphatic rings. The highest BCUT2D eigenvalue weighted by Gasteiger charge is 2.56. The van der Waals surface area contributed by atoms with E-state index in [0.29, 0.717) is 5.92 Å². The van der Waals surface area contributed by atoms with Gasteiger partial charge < -0.3 is 4.90 Å². The lowest BCUT2D eigenvalue weighted by atomic mass is 9.56. The van der Waals surface area contributed by atoms with E-state index in [1.54, 1.807) is 11.1 Å². The van der Waals surface area contributed by atoms with Crippen LogP contribution in [-0.4, -0.2) is 0 Å². The summed E-state index contributed by atoms with van der Waals surface area (Å²) >= 11 is 1.88. The summed E-state index contributed by atoms with van der Waals surface area (Å²) in [6, 6.07) is 61.5. The second-order valence-electron chi connectivity index (χ2n) is 15.8. The van der Waals surface area contributed by atoms with E-state index in [0.717, 1.165) is 11.8 Å². The Morgan fingerprint density at radius 3 is 1.91 bits per heavy atom. The molecule has 0 radical (unpaired) electrons. The van der Waals surface area contributed by atoms with Gasteiger partial charge in [0.2, 0.25) is 0 Å². The molecule has 11 rings (SSSR count). The van der Waals surface area contributed by atoms with E-state index >= 15 is 0 Å². The molecule has 1 aromatic heterocycles. The third kappa shape index (κ3) is 4.75. The molecule has 8 aromatic rings. The molecule has 0 amide bonds. The van der Waals surface area contributed by atoms with Gasteiger partial charge in [-0.1, -0.05) is 129 Å². The lowest BCUT2D eigenvalue weighted by Gasteiger charge is -2.47.